The van der Waals surface area contributed by atoms with Gasteiger partial charge < -0.3 is 10.1 Å². The number of halogens is 1. The van der Waals surface area contributed by atoms with Gasteiger partial charge in [0.1, 0.15) is 11.6 Å². The summed E-state index contributed by atoms with van der Waals surface area (Å²) in [6, 6.07) is -0.497. The molecule has 118 valence electrons. The normalized spacial score (nSPS) is 20.6. The molecule has 1 aliphatic rings. The van der Waals surface area contributed by atoms with Crippen molar-refractivity contribution in [1.82, 2.24) is 9.62 Å². The summed E-state index contributed by atoms with van der Waals surface area (Å²) in [7, 11) is -4.60. The van der Waals surface area contributed by atoms with Crippen molar-refractivity contribution >= 4 is 16.4 Å². The van der Waals surface area contributed by atoms with Crippen LogP contribution in [0.25, 0.3) is 0 Å². The smallest absolute Gasteiger partial charge is 0.374 e. The molecule has 1 saturated heterocycles. The predicted molar refractivity (Wildman–Crippen MR) is 73.1 cm³/mol. The summed E-state index contributed by atoms with van der Waals surface area (Å²) >= 11 is 0. The van der Waals surface area contributed by atoms with Crippen LogP contribution in [0.2, 0.25) is 0 Å². The van der Waals surface area contributed by atoms with Crippen molar-refractivity contribution in [3.63, 3.8) is 0 Å². The first kappa shape index (κ1) is 17.3. The van der Waals surface area contributed by atoms with Gasteiger partial charge in [-0.3, -0.25) is 4.79 Å². The van der Waals surface area contributed by atoms with E-state index in [2.05, 4.69) is 5.32 Å². The third kappa shape index (κ3) is 5.72. The Morgan fingerprint density at radius 3 is 2.25 bits per heavy atom. The van der Waals surface area contributed by atoms with E-state index in [1.165, 1.54) is 0 Å². The van der Waals surface area contributed by atoms with Gasteiger partial charge in [0.2, 0.25) is 0 Å². The molecule has 0 aromatic rings. The van der Waals surface area contributed by atoms with Crippen molar-refractivity contribution < 1.29 is 21.8 Å². The molecule has 1 rings (SSSR count). The third-order valence-corrected chi connectivity index (χ3v) is 3.99. The molecular formula is C12H23FN2O4S. The van der Waals surface area contributed by atoms with E-state index in [1.54, 1.807) is 27.7 Å². The Labute approximate surface area is 120 Å². The van der Waals surface area contributed by atoms with Crippen LogP contribution in [0.1, 0.15) is 40.5 Å². The minimum Gasteiger partial charge on any atom is -0.459 e. The van der Waals surface area contributed by atoms with Crippen LogP contribution in [0.15, 0.2) is 0 Å². The van der Waals surface area contributed by atoms with Gasteiger partial charge in [0.15, 0.2) is 0 Å². The Kier molecular flexibility index (Phi) is 5.51. The maximum Gasteiger partial charge on any atom is 0.374 e. The number of esters is 1. The fourth-order valence-electron chi connectivity index (χ4n) is 2.05. The molecule has 0 bridgehead atoms. The van der Waals surface area contributed by atoms with Crippen molar-refractivity contribution in [3.8, 4) is 0 Å². The van der Waals surface area contributed by atoms with Crippen LogP contribution in [0.4, 0.5) is 3.89 Å². The van der Waals surface area contributed by atoms with Crippen molar-refractivity contribution in [2.24, 2.45) is 0 Å². The first-order chi connectivity index (χ1) is 8.99. The second-order valence-electron chi connectivity index (χ2n) is 6.04. The van der Waals surface area contributed by atoms with Crippen LogP contribution in [0.5, 0.6) is 0 Å². The molecule has 0 spiro atoms. The minimum absolute atomic E-state index is 0.0180. The molecule has 0 aromatic heterocycles. The van der Waals surface area contributed by atoms with E-state index in [9.17, 15) is 17.1 Å². The number of nitrogens with one attached hydrogen (secondary N) is 1. The number of hydrogen-bond donors (Lipinski definition) is 1. The van der Waals surface area contributed by atoms with Gasteiger partial charge in [0, 0.05) is 19.1 Å². The van der Waals surface area contributed by atoms with Gasteiger partial charge in [-0.15, -0.1) is 0 Å². The molecule has 0 amide bonds. The van der Waals surface area contributed by atoms with Crippen LogP contribution in [-0.2, 0) is 19.9 Å². The standard InChI is InChI=1S/C12H23FN2O4S/c1-9(11(16)19-12(2,3)4)14-10-5-7-15(8-6-10)20(13,17)18/h9-10,14H,5-8H2,1-4H3/t9-/m0/s1. The summed E-state index contributed by atoms with van der Waals surface area (Å²) in [5, 5.41) is 3.09. The number of rotatable bonds is 4. The van der Waals surface area contributed by atoms with Crippen molar-refractivity contribution in [1.29, 1.82) is 0 Å². The summed E-state index contributed by atoms with van der Waals surface area (Å²) in [4.78, 5) is 11.8. The molecule has 1 aliphatic heterocycles. The zero-order valence-electron chi connectivity index (χ0n) is 12.3. The van der Waals surface area contributed by atoms with Crippen LogP contribution >= 0.6 is 0 Å². The van der Waals surface area contributed by atoms with Crippen LogP contribution in [0.3, 0.4) is 0 Å². The molecule has 6 nitrogen and oxygen atoms in total. The second-order valence-corrected chi connectivity index (χ2v) is 7.38. The maximum absolute atomic E-state index is 12.8. The zero-order chi connectivity index (χ0) is 15.6. The van der Waals surface area contributed by atoms with Crippen LogP contribution in [0, 0.1) is 0 Å². The fraction of sp³-hybridized carbons (Fsp3) is 0.917. The van der Waals surface area contributed by atoms with E-state index in [4.69, 9.17) is 4.74 Å². The van der Waals surface area contributed by atoms with Gasteiger partial charge in [-0.05, 0) is 40.5 Å². The highest BCUT2D eigenvalue weighted by Gasteiger charge is 2.30. The third-order valence-electron chi connectivity index (χ3n) is 3.01. The van der Waals surface area contributed by atoms with Crippen molar-refractivity contribution in [3.05, 3.63) is 0 Å². The first-order valence-corrected chi connectivity index (χ1v) is 8.02. The summed E-state index contributed by atoms with van der Waals surface area (Å²) in [6.45, 7) is 7.33. The van der Waals surface area contributed by atoms with Gasteiger partial charge in [-0.25, -0.2) is 0 Å². The number of nitrogens with zero attached hydrogens (tertiary/aromatic N) is 1. The maximum atomic E-state index is 12.8. The van der Waals surface area contributed by atoms with E-state index in [0.29, 0.717) is 12.8 Å². The molecule has 0 saturated carbocycles. The predicted octanol–water partition coefficient (Wildman–Crippen LogP) is 0.985. The monoisotopic (exact) mass is 310 g/mol. The van der Waals surface area contributed by atoms with Gasteiger partial charge in [0.05, 0.1) is 0 Å². The highest BCUT2D eigenvalue weighted by atomic mass is 32.3. The Morgan fingerprint density at radius 1 is 1.35 bits per heavy atom. The summed E-state index contributed by atoms with van der Waals surface area (Å²) < 4.78 is 40.3. The topological polar surface area (TPSA) is 75.7 Å². The molecule has 0 aromatic carbocycles. The SMILES string of the molecule is C[C@H](NC1CCN(S(=O)(=O)F)CC1)C(=O)OC(C)(C)C. The lowest BCUT2D eigenvalue weighted by Crippen LogP contribution is -2.49. The van der Waals surface area contributed by atoms with Gasteiger partial charge in [-0.1, -0.05) is 3.89 Å². The summed E-state index contributed by atoms with van der Waals surface area (Å²) in [5.74, 6) is -0.349. The lowest BCUT2D eigenvalue weighted by molar-refractivity contribution is -0.157. The van der Waals surface area contributed by atoms with E-state index < -0.39 is 22.1 Å². The van der Waals surface area contributed by atoms with Crippen LogP contribution < -0.4 is 5.32 Å². The number of carbonyl (C=O) groups excluding carboxylic acids is 1. The number of ether oxygens (including phenoxy) is 1. The average Bonchev–Trinajstić information content (AvgIpc) is 2.26. The molecule has 1 N–H and O–H groups in total. The van der Waals surface area contributed by atoms with Crippen molar-refractivity contribution in [2.75, 3.05) is 13.1 Å². The molecule has 1 fully saturated rings. The van der Waals surface area contributed by atoms with Gasteiger partial charge in [0.25, 0.3) is 0 Å². The largest absolute Gasteiger partial charge is 0.459 e. The average molecular weight is 310 g/mol. The summed E-state index contributed by atoms with van der Waals surface area (Å²) in [6.07, 6.45) is 0.937. The first-order valence-electron chi connectivity index (χ1n) is 6.67. The van der Waals surface area contributed by atoms with Crippen LogP contribution in [-0.4, -0.2) is 49.5 Å². The number of piperidine rings is 1. The van der Waals surface area contributed by atoms with E-state index in [-0.39, 0.29) is 25.1 Å². The van der Waals surface area contributed by atoms with Gasteiger partial charge in [-0.2, -0.15) is 12.7 Å². The lowest BCUT2D eigenvalue weighted by atomic mass is 10.1. The van der Waals surface area contributed by atoms with Gasteiger partial charge >= 0.3 is 16.4 Å². The molecule has 8 heteroatoms. The Bertz CT molecular complexity index is 439. The number of hydrogen-bond acceptors (Lipinski definition) is 5. The highest BCUT2D eigenvalue weighted by molar-refractivity contribution is 7.83. The molecule has 1 heterocycles. The highest BCUT2D eigenvalue weighted by Crippen LogP contribution is 2.16. The Hall–Kier alpha value is -0.730. The lowest BCUT2D eigenvalue weighted by Gasteiger charge is -2.31. The Morgan fingerprint density at radius 2 is 1.85 bits per heavy atom. The molecule has 1 atom stereocenters. The molecule has 0 radical (unpaired) electrons. The quantitative estimate of drug-likeness (QED) is 0.619. The fourth-order valence-corrected chi connectivity index (χ4v) is 2.70. The minimum atomic E-state index is -4.60. The second kappa shape index (κ2) is 6.36. The van der Waals surface area contributed by atoms with E-state index in [1.807, 2.05) is 0 Å². The molecule has 0 unspecified atom stereocenters. The summed E-state index contributed by atoms with van der Waals surface area (Å²) in [5.41, 5.74) is -0.543. The van der Waals surface area contributed by atoms with Crippen molar-refractivity contribution in [2.45, 2.75) is 58.2 Å². The molecular weight excluding hydrogens is 287 g/mol. The zero-order valence-corrected chi connectivity index (χ0v) is 13.2. The number of carbonyl (C=O) groups is 1. The molecule has 0 aliphatic carbocycles. The van der Waals surface area contributed by atoms with E-state index >= 15 is 0 Å². The molecule has 20 heavy (non-hydrogen) atoms. The Balaban J connectivity index is 2.42. The van der Waals surface area contributed by atoms with E-state index in [0.717, 1.165) is 4.31 Å².